The molecule has 0 spiro atoms. The SMILES string of the molecule is COCCNC(=O)C(NC(=O)c1ccccc1C)C1CCN(C(=O)c2ccco2)CC1. The number of ether oxygens (including phenoxy) is 1. The van der Waals surface area contributed by atoms with E-state index in [2.05, 4.69) is 10.6 Å². The maximum absolute atomic E-state index is 12.9. The first-order valence-corrected chi connectivity index (χ1v) is 10.5. The molecule has 1 aromatic heterocycles. The van der Waals surface area contributed by atoms with Gasteiger partial charge in [-0.3, -0.25) is 14.4 Å². The van der Waals surface area contributed by atoms with Gasteiger partial charge < -0.3 is 24.7 Å². The number of furan rings is 1. The zero-order valence-electron chi connectivity index (χ0n) is 17.9. The lowest BCUT2D eigenvalue weighted by Gasteiger charge is -2.35. The van der Waals surface area contributed by atoms with Crippen LogP contribution in [0.2, 0.25) is 0 Å². The van der Waals surface area contributed by atoms with Crippen molar-refractivity contribution in [1.82, 2.24) is 15.5 Å². The van der Waals surface area contributed by atoms with E-state index in [4.69, 9.17) is 9.15 Å². The molecule has 1 unspecified atom stereocenters. The molecule has 8 nitrogen and oxygen atoms in total. The van der Waals surface area contributed by atoms with Crippen molar-refractivity contribution in [3.63, 3.8) is 0 Å². The summed E-state index contributed by atoms with van der Waals surface area (Å²) >= 11 is 0. The van der Waals surface area contributed by atoms with Gasteiger partial charge in [0, 0.05) is 32.3 Å². The van der Waals surface area contributed by atoms with Crippen LogP contribution < -0.4 is 10.6 Å². The number of nitrogens with one attached hydrogen (secondary N) is 2. The molecule has 1 aliphatic rings. The molecule has 1 aromatic carbocycles. The summed E-state index contributed by atoms with van der Waals surface area (Å²) in [5.41, 5.74) is 1.39. The van der Waals surface area contributed by atoms with Crippen LogP contribution in [-0.4, -0.2) is 62.0 Å². The number of carbonyl (C=O) groups excluding carboxylic acids is 3. The second-order valence-electron chi connectivity index (χ2n) is 7.66. The normalized spacial score (nSPS) is 15.4. The summed E-state index contributed by atoms with van der Waals surface area (Å²) in [5.74, 6) is -0.460. The molecular formula is C23H29N3O5. The van der Waals surface area contributed by atoms with Crippen LogP contribution in [0.25, 0.3) is 0 Å². The van der Waals surface area contributed by atoms with Crippen molar-refractivity contribution in [2.45, 2.75) is 25.8 Å². The Balaban J connectivity index is 1.68. The van der Waals surface area contributed by atoms with Crippen molar-refractivity contribution in [3.05, 3.63) is 59.5 Å². The first-order chi connectivity index (χ1) is 15.0. The van der Waals surface area contributed by atoms with Crippen molar-refractivity contribution < 1.29 is 23.5 Å². The van der Waals surface area contributed by atoms with Crippen molar-refractivity contribution in [3.8, 4) is 0 Å². The average molecular weight is 428 g/mol. The number of benzene rings is 1. The molecule has 0 saturated carbocycles. The lowest BCUT2D eigenvalue weighted by atomic mass is 9.88. The molecule has 1 aliphatic heterocycles. The fourth-order valence-corrected chi connectivity index (χ4v) is 3.82. The van der Waals surface area contributed by atoms with Crippen LogP contribution in [0.4, 0.5) is 0 Å². The highest BCUT2D eigenvalue weighted by molar-refractivity contribution is 5.98. The van der Waals surface area contributed by atoms with Gasteiger partial charge in [-0.1, -0.05) is 18.2 Å². The van der Waals surface area contributed by atoms with Gasteiger partial charge in [0.2, 0.25) is 5.91 Å². The van der Waals surface area contributed by atoms with Gasteiger partial charge in [0.05, 0.1) is 12.9 Å². The van der Waals surface area contributed by atoms with Gasteiger partial charge in [0.25, 0.3) is 11.8 Å². The molecule has 2 N–H and O–H groups in total. The molecule has 2 aromatic rings. The van der Waals surface area contributed by atoms with E-state index in [-0.39, 0.29) is 23.6 Å². The van der Waals surface area contributed by atoms with E-state index < -0.39 is 6.04 Å². The maximum atomic E-state index is 12.9. The molecule has 0 aliphatic carbocycles. The van der Waals surface area contributed by atoms with Crippen LogP contribution in [0, 0.1) is 12.8 Å². The van der Waals surface area contributed by atoms with Gasteiger partial charge in [0.15, 0.2) is 5.76 Å². The number of nitrogens with zero attached hydrogens (tertiary/aromatic N) is 1. The smallest absolute Gasteiger partial charge is 0.289 e. The zero-order chi connectivity index (χ0) is 22.2. The molecule has 0 bridgehead atoms. The molecule has 1 saturated heterocycles. The predicted molar refractivity (Wildman–Crippen MR) is 115 cm³/mol. The zero-order valence-corrected chi connectivity index (χ0v) is 17.9. The minimum Gasteiger partial charge on any atom is -0.459 e. The van der Waals surface area contributed by atoms with Crippen LogP contribution in [-0.2, 0) is 9.53 Å². The molecule has 2 heterocycles. The highest BCUT2D eigenvalue weighted by Gasteiger charge is 2.34. The van der Waals surface area contributed by atoms with E-state index in [9.17, 15) is 14.4 Å². The first kappa shape index (κ1) is 22.6. The summed E-state index contributed by atoms with van der Waals surface area (Å²) in [6, 6.07) is 9.91. The molecule has 166 valence electrons. The molecular weight excluding hydrogens is 398 g/mol. The monoisotopic (exact) mass is 427 g/mol. The first-order valence-electron chi connectivity index (χ1n) is 10.5. The van der Waals surface area contributed by atoms with Gasteiger partial charge in [0.1, 0.15) is 6.04 Å². The number of amides is 3. The second-order valence-corrected chi connectivity index (χ2v) is 7.66. The number of likely N-dealkylation sites (tertiary alicyclic amines) is 1. The number of aryl methyl sites for hydroxylation is 1. The Labute approximate surface area is 181 Å². The summed E-state index contributed by atoms with van der Waals surface area (Å²) in [5, 5.41) is 5.76. The predicted octanol–water partition coefficient (Wildman–Crippen LogP) is 2.00. The molecule has 3 amide bonds. The van der Waals surface area contributed by atoms with Gasteiger partial charge in [-0.15, -0.1) is 0 Å². The Hall–Kier alpha value is -3.13. The summed E-state index contributed by atoms with van der Waals surface area (Å²) in [7, 11) is 1.56. The molecule has 1 atom stereocenters. The number of rotatable bonds is 8. The maximum Gasteiger partial charge on any atom is 0.289 e. The highest BCUT2D eigenvalue weighted by Crippen LogP contribution is 2.23. The van der Waals surface area contributed by atoms with E-state index in [1.807, 2.05) is 19.1 Å². The average Bonchev–Trinajstić information content (AvgIpc) is 3.32. The van der Waals surface area contributed by atoms with E-state index in [1.165, 1.54) is 6.26 Å². The molecule has 1 fully saturated rings. The Morgan fingerprint density at radius 1 is 1.16 bits per heavy atom. The van der Waals surface area contributed by atoms with Crippen LogP contribution in [0.1, 0.15) is 39.3 Å². The van der Waals surface area contributed by atoms with Gasteiger partial charge >= 0.3 is 0 Å². The van der Waals surface area contributed by atoms with Crippen LogP contribution in [0.5, 0.6) is 0 Å². The van der Waals surface area contributed by atoms with E-state index in [0.717, 1.165) is 5.56 Å². The summed E-state index contributed by atoms with van der Waals surface area (Å²) in [6.45, 7) is 3.60. The van der Waals surface area contributed by atoms with Crippen molar-refractivity contribution in [1.29, 1.82) is 0 Å². The van der Waals surface area contributed by atoms with Crippen LogP contribution in [0.15, 0.2) is 47.1 Å². The Morgan fingerprint density at radius 2 is 1.90 bits per heavy atom. The number of methoxy groups -OCH3 is 1. The summed E-state index contributed by atoms with van der Waals surface area (Å²) in [6.07, 6.45) is 2.67. The van der Waals surface area contributed by atoms with E-state index in [1.54, 1.807) is 36.3 Å². The standard InChI is InChI=1S/C23H29N3O5/c1-16-6-3-4-7-18(16)21(27)25-20(22(28)24-11-15-30-2)17-9-12-26(13-10-17)23(29)19-8-5-14-31-19/h3-8,14,17,20H,9-13,15H2,1-2H3,(H,24,28)(H,25,27). The largest absolute Gasteiger partial charge is 0.459 e. The summed E-state index contributed by atoms with van der Waals surface area (Å²) < 4.78 is 10.2. The van der Waals surface area contributed by atoms with E-state index >= 15 is 0 Å². The van der Waals surface area contributed by atoms with Crippen molar-refractivity contribution >= 4 is 17.7 Å². The van der Waals surface area contributed by atoms with E-state index in [0.29, 0.717) is 50.4 Å². The fraction of sp³-hybridized carbons (Fsp3) is 0.435. The highest BCUT2D eigenvalue weighted by atomic mass is 16.5. The van der Waals surface area contributed by atoms with Gasteiger partial charge in [-0.2, -0.15) is 0 Å². The lowest BCUT2D eigenvalue weighted by Crippen LogP contribution is -2.54. The Morgan fingerprint density at radius 3 is 2.55 bits per heavy atom. The van der Waals surface area contributed by atoms with Gasteiger partial charge in [-0.05, 0) is 49.4 Å². The third-order valence-corrected chi connectivity index (χ3v) is 5.59. The van der Waals surface area contributed by atoms with Crippen molar-refractivity contribution in [2.75, 3.05) is 33.4 Å². The minimum atomic E-state index is -0.690. The molecule has 0 radical (unpaired) electrons. The Bertz CT molecular complexity index is 888. The third kappa shape index (κ3) is 5.73. The minimum absolute atomic E-state index is 0.0869. The van der Waals surface area contributed by atoms with Crippen molar-refractivity contribution in [2.24, 2.45) is 5.92 Å². The third-order valence-electron chi connectivity index (χ3n) is 5.59. The number of hydrogen-bond donors (Lipinski definition) is 2. The quantitative estimate of drug-likeness (QED) is 0.628. The Kier molecular flexibility index (Phi) is 7.83. The molecule has 31 heavy (non-hydrogen) atoms. The second kappa shape index (κ2) is 10.8. The van der Waals surface area contributed by atoms with Crippen LogP contribution >= 0.6 is 0 Å². The summed E-state index contributed by atoms with van der Waals surface area (Å²) in [4.78, 5) is 40.0. The molecule has 8 heteroatoms. The van der Waals surface area contributed by atoms with Gasteiger partial charge in [-0.25, -0.2) is 0 Å². The van der Waals surface area contributed by atoms with Crippen LogP contribution in [0.3, 0.4) is 0 Å². The number of piperidine rings is 1. The topological polar surface area (TPSA) is 101 Å². The molecule has 3 rings (SSSR count). The number of carbonyl (C=O) groups is 3. The number of hydrogen-bond acceptors (Lipinski definition) is 5. The lowest BCUT2D eigenvalue weighted by molar-refractivity contribution is -0.124. The fourth-order valence-electron chi connectivity index (χ4n) is 3.82.